The van der Waals surface area contributed by atoms with E-state index >= 15 is 0 Å². The van der Waals surface area contributed by atoms with Crippen molar-refractivity contribution in [2.45, 2.75) is 20.5 Å². The SMILES string of the molecule is Cc1cc(-c2c(C)sc3ncc(CO)n23)ccc1Cl. The van der Waals surface area contributed by atoms with Crippen LogP contribution in [0.4, 0.5) is 0 Å². The summed E-state index contributed by atoms with van der Waals surface area (Å²) in [6, 6.07) is 5.98. The van der Waals surface area contributed by atoms with Gasteiger partial charge in [-0.05, 0) is 31.5 Å². The van der Waals surface area contributed by atoms with Crippen molar-refractivity contribution in [3.05, 3.63) is 45.6 Å². The van der Waals surface area contributed by atoms with Gasteiger partial charge in [-0.2, -0.15) is 0 Å². The molecule has 5 heteroatoms. The molecule has 0 aliphatic rings. The van der Waals surface area contributed by atoms with Gasteiger partial charge in [-0.3, -0.25) is 4.40 Å². The minimum atomic E-state index is -0.0170. The first kappa shape index (κ1) is 12.7. The first-order chi connectivity index (χ1) is 9.11. The molecule has 1 aromatic carbocycles. The van der Waals surface area contributed by atoms with E-state index in [0.29, 0.717) is 0 Å². The molecule has 2 heterocycles. The number of thiazole rings is 1. The molecule has 0 bridgehead atoms. The van der Waals surface area contributed by atoms with Crippen LogP contribution in [0.3, 0.4) is 0 Å². The Kier molecular flexibility index (Phi) is 3.09. The van der Waals surface area contributed by atoms with Crippen molar-refractivity contribution in [3.63, 3.8) is 0 Å². The molecule has 0 amide bonds. The lowest BCUT2D eigenvalue weighted by atomic mass is 10.1. The van der Waals surface area contributed by atoms with Crippen molar-refractivity contribution in [1.29, 1.82) is 0 Å². The smallest absolute Gasteiger partial charge is 0.194 e. The van der Waals surface area contributed by atoms with Crippen molar-refractivity contribution in [2.75, 3.05) is 0 Å². The van der Waals surface area contributed by atoms with Crippen LogP contribution >= 0.6 is 22.9 Å². The standard InChI is InChI=1S/C14H13ClN2OS/c1-8-5-10(3-4-12(8)15)13-9(2)19-14-16-6-11(7-18)17(13)14/h3-6,18H,7H2,1-2H3. The fourth-order valence-corrected chi connectivity index (χ4v) is 3.36. The summed E-state index contributed by atoms with van der Waals surface area (Å²) in [5.41, 5.74) is 4.03. The second kappa shape index (κ2) is 4.63. The maximum Gasteiger partial charge on any atom is 0.194 e. The largest absolute Gasteiger partial charge is 0.390 e. The maximum absolute atomic E-state index is 9.43. The molecule has 3 aromatic rings. The molecule has 0 radical (unpaired) electrons. The number of benzene rings is 1. The van der Waals surface area contributed by atoms with Gasteiger partial charge in [0, 0.05) is 15.5 Å². The number of fused-ring (bicyclic) bond motifs is 1. The minimum Gasteiger partial charge on any atom is -0.390 e. The highest BCUT2D eigenvalue weighted by atomic mass is 35.5. The number of hydrogen-bond donors (Lipinski definition) is 1. The van der Waals surface area contributed by atoms with E-state index < -0.39 is 0 Å². The second-order valence-electron chi connectivity index (χ2n) is 4.50. The number of halogens is 1. The maximum atomic E-state index is 9.43. The van der Waals surface area contributed by atoms with Crippen molar-refractivity contribution in [3.8, 4) is 11.3 Å². The summed E-state index contributed by atoms with van der Waals surface area (Å²) in [5, 5.41) is 10.2. The van der Waals surface area contributed by atoms with Gasteiger partial charge in [-0.15, -0.1) is 11.3 Å². The molecule has 1 N–H and O–H groups in total. The Bertz CT molecular complexity index is 760. The monoisotopic (exact) mass is 292 g/mol. The first-order valence-corrected chi connectivity index (χ1v) is 7.14. The number of aliphatic hydroxyl groups is 1. The van der Waals surface area contributed by atoms with Gasteiger partial charge in [-0.25, -0.2) is 4.98 Å². The van der Waals surface area contributed by atoms with E-state index in [-0.39, 0.29) is 6.61 Å². The number of rotatable bonds is 2. The highest BCUT2D eigenvalue weighted by molar-refractivity contribution is 7.17. The Hall–Kier alpha value is -1.36. The molecule has 3 rings (SSSR count). The zero-order chi connectivity index (χ0) is 13.6. The van der Waals surface area contributed by atoms with Crippen LogP contribution in [-0.2, 0) is 6.61 Å². The average molecular weight is 293 g/mol. The van der Waals surface area contributed by atoms with Gasteiger partial charge in [0.1, 0.15) is 0 Å². The zero-order valence-electron chi connectivity index (χ0n) is 10.6. The van der Waals surface area contributed by atoms with Crippen LogP contribution in [0, 0.1) is 13.8 Å². The van der Waals surface area contributed by atoms with Crippen molar-refractivity contribution in [2.24, 2.45) is 0 Å². The zero-order valence-corrected chi connectivity index (χ0v) is 12.2. The topological polar surface area (TPSA) is 37.5 Å². The highest BCUT2D eigenvalue weighted by Crippen LogP contribution is 2.33. The number of imidazole rings is 1. The summed E-state index contributed by atoms with van der Waals surface area (Å²) < 4.78 is 2.02. The Balaban J connectivity index is 2.31. The fraction of sp³-hybridized carbons (Fsp3) is 0.214. The van der Waals surface area contributed by atoms with Gasteiger partial charge < -0.3 is 5.11 Å². The summed E-state index contributed by atoms with van der Waals surface area (Å²) in [4.78, 5) is 6.42. The summed E-state index contributed by atoms with van der Waals surface area (Å²) in [6.45, 7) is 4.04. The fourth-order valence-electron chi connectivity index (χ4n) is 2.26. The normalized spacial score (nSPS) is 11.4. The number of aryl methyl sites for hydroxylation is 2. The van der Waals surface area contributed by atoms with Gasteiger partial charge in [0.25, 0.3) is 0 Å². The van der Waals surface area contributed by atoms with E-state index in [2.05, 4.69) is 18.0 Å². The molecule has 19 heavy (non-hydrogen) atoms. The van der Waals surface area contributed by atoms with E-state index in [1.54, 1.807) is 17.5 Å². The third kappa shape index (κ3) is 1.96. The van der Waals surface area contributed by atoms with Crippen LogP contribution in [0.1, 0.15) is 16.1 Å². The number of aliphatic hydroxyl groups excluding tert-OH is 1. The number of hydrogen-bond acceptors (Lipinski definition) is 3. The van der Waals surface area contributed by atoms with Gasteiger partial charge in [0.15, 0.2) is 4.96 Å². The van der Waals surface area contributed by atoms with Crippen LogP contribution in [0.15, 0.2) is 24.4 Å². The van der Waals surface area contributed by atoms with Gasteiger partial charge in [0.2, 0.25) is 0 Å². The molecular formula is C14H13ClN2OS. The first-order valence-electron chi connectivity index (χ1n) is 5.95. The highest BCUT2D eigenvalue weighted by Gasteiger charge is 2.15. The molecular weight excluding hydrogens is 280 g/mol. The van der Waals surface area contributed by atoms with Crippen LogP contribution in [0.5, 0.6) is 0 Å². The lowest BCUT2D eigenvalue weighted by Gasteiger charge is -2.06. The molecule has 0 atom stereocenters. The molecule has 2 aromatic heterocycles. The van der Waals surface area contributed by atoms with E-state index in [1.165, 1.54) is 4.88 Å². The van der Waals surface area contributed by atoms with Crippen LogP contribution in [-0.4, -0.2) is 14.5 Å². The van der Waals surface area contributed by atoms with E-state index in [9.17, 15) is 5.11 Å². The van der Waals surface area contributed by atoms with E-state index in [4.69, 9.17) is 11.6 Å². The molecule has 0 aliphatic heterocycles. The Morgan fingerprint density at radius 3 is 2.84 bits per heavy atom. The van der Waals surface area contributed by atoms with Gasteiger partial charge in [-0.1, -0.05) is 17.7 Å². The van der Waals surface area contributed by atoms with Crippen molar-refractivity contribution < 1.29 is 5.11 Å². The van der Waals surface area contributed by atoms with Gasteiger partial charge >= 0.3 is 0 Å². The van der Waals surface area contributed by atoms with Crippen LogP contribution in [0.25, 0.3) is 16.2 Å². The molecule has 0 spiro atoms. The Morgan fingerprint density at radius 2 is 2.16 bits per heavy atom. The quantitative estimate of drug-likeness (QED) is 0.779. The molecule has 3 nitrogen and oxygen atoms in total. The Labute approximate surface area is 120 Å². The molecule has 98 valence electrons. The molecule has 0 fully saturated rings. The molecule has 0 aliphatic carbocycles. The number of nitrogens with zero attached hydrogens (tertiary/aromatic N) is 2. The lowest BCUT2D eigenvalue weighted by molar-refractivity contribution is 0.276. The predicted molar refractivity (Wildman–Crippen MR) is 78.9 cm³/mol. The summed E-state index contributed by atoms with van der Waals surface area (Å²) in [5.74, 6) is 0. The van der Waals surface area contributed by atoms with E-state index in [1.807, 2.05) is 23.5 Å². The van der Waals surface area contributed by atoms with Crippen molar-refractivity contribution in [1.82, 2.24) is 9.38 Å². The van der Waals surface area contributed by atoms with Crippen LogP contribution < -0.4 is 0 Å². The average Bonchev–Trinajstić information content (AvgIpc) is 2.90. The summed E-state index contributed by atoms with van der Waals surface area (Å²) in [7, 11) is 0. The van der Waals surface area contributed by atoms with Gasteiger partial charge in [0.05, 0.1) is 24.2 Å². The lowest BCUT2D eigenvalue weighted by Crippen LogP contribution is -1.94. The predicted octanol–water partition coefficient (Wildman–Crippen LogP) is 3.83. The second-order valence-corrected chi connectivity index (χ2v) is 6.09. The van der Waals surface area contributed by atoms with Crippen molar-refractivity contribution >= 4 is 27.9 Å². The minimum absolute atomic E-state index is 0.0170. The van der Waals surface area contributed by atoms with Crippen LogP contribution in [0.2, 0.25) is 5.02 Å². The third-order valence-corrected chi connectivity index (χ3v) is 4.59. The number of aromatic nitrogens is 2. The summed E-state index contributed by atoms with van der Waals surface area (Å²) >= 11 is 7.71. The third-order valence-electron chi connectivity index (χ3n) is 3.20. The molecule has 0 saturated carbocycles. The summed E-state index contributed by atoms with van der Waals surface area (Å²) in [6.07, 6.45) is 1.72. The Morgan fingerprint density at radius 1 is 1.37 bits per heavy atom. The molecule has 0 saturated heterocycles. The molecule has 0 unspecified atom stereocenters. The van der Waals surface area contributed by atoms with E-state index in [0.717, 1.165) is 32.5 Å².